The summed E-state index contributed by atoms with van der Waals surface area (Å²) in [6.07, 6.45) is 1.18. The highest BCUT2D eigenvalue weighted by atomic mass is 16.5. The highest BCUT2D eigenvalue weighted by Gasteiger charge is 2.40. The molecule has 2 rings (SSSR count). The molecule has 0 aliphatic heterocycles. The third-order valence-electron chi connectivity index (χ3n) is 5.09. The Morgan fingerprint density at radius 1 is 1.23 bits per heavy atom. The summed E-state index contributed by atoms with van der Waals surface area (Å²) >= 11 is 0. The molecule has 1 aromatic carbocycles. The lowest BCUT2D eigenvalue weighted by Crippen LogP contribution is -2.34. The number of ether oxygens (including phenoxy) is 4. The quantitative estimate of drug-likeness (QED) is 0.377. The molecule has 0 spiro atoms. The molecule has 0 fully saturated rings. The van der Waals surface area contributed by atoms with E-state index in [-0.39, 0.29) is 19.2 Å². The van der Waals surface area contributed by atoms with Gasteiger partial charge >= 0.3 is 5.97 Å². The SMILES string of the molecule is COCCOCCn1cc(CO[C@@H](c2ccc(C)c(CO)c2)C(C)(C)C(=O)OC)nn1. The molecule has 2 aromatic rings. The molecule has 1 heterocycles. The van der Waals surface area contributed by atoms with Gasteiger partial charge in [-0.05, 0) is 37.5 Å². The Bertz CT molecular complexity index is 836. The van der Waals surface area contributed by atoms with Crippen LogP contribution in [0.2, 0.25) is 0 Å². The van der Waals surface area contributed by atoms with Gasteiger partial charge < -0.3 is 24.1 Å². The number of aliphatic hydroxyl groups excluding tert-OH is 1. The number of carbonyl (C=O) groups excluding carboxylic acids is 1. The number of aliphatic hydroxyl groups is 1. The Morgan fingerprint density at radius 2 is 2.00 bits per heavy atom. The number of rotatable bonds is 13. The van der Waals surface area contributed by atoms with Crippen LogP contribution >= 0.6 is 0 Å². The normalized spacial score (nSPS) is 12.7. The maximum Gasteiger partial charge on any atom is 0.314 e. The zero-order chi connectivity index (χ0) is 22.9. The summed E-state index contributed by atoms with van der Waals surface area (Å²) < 4.78 is 23.2. The van der Waals surface area contributed by atoms with E-state index < -0.39 is 11.5 Å². The van der Waals surface area contributed by atoms with Crippen LogP contribution in [0.4, 0.5) is 0 Å². The lowest BCUT2D eigenvalue weighted by Gasteiger charge is -2.32. The number of hydrogen-bond donors (Lipinski definition) is 1. The van der Waals surface area contributed by atoms with Gasteiger partial charge in [-0.25, -0.2) is 4.68 Å². The molecule has 0 radical (unpaired) electrons. The average Bonchev–Trinajstić information content (AvgIpc) is 3.21. The number of esters is 1. The molecule has 1 N–H and O–H groups in total. The second kappa shape index (κ2) is 11.9. The van der Waals surface area contributed by atoms with E-state index in [4.69, 9.17) is 18.9 Å². The summed E-state index contributed by atoms with van der Waals surface area (Å²) in [7, 11) is 2.98. The Balaban J connectivity index is 2.11. The maximum atomic E-state index is 12.5. The van der Waals surface area contributed by atoms with Crippen LogP contribution in [0.3, 0.4) is 0 Å². The smallest absolute Gasteiger partial charge is 0.314 e. The lowest BCUT2D eigenvalue weighted by atomic mass is 9.81. The van der Waals surface area contributed by atoms with Gasteiger partial charge in [-0.1, -0.05) is 23.4 Å². The molecule has 1 atom stereocenters. The van der Waals surface area contributed by atoms with Gasteiger partial charge in [-0.15, -0.1) is 5.10 Å². The summed E-state index contributed by atoms with van der Waals surface area (Å²) in [6.45, 7) is 7.68. The first-order valence-corrected chi connectivity index (χ1v) is 10.2. The van der Waals surface area contributed by atoms with Gasteiger partial charge in [0.05, 0.1) is 64.4 Å². The molecule has 0 aliphatic rings. The summed E-state index contributed by atoms with van der Waals surface area (Å²) in [5.74, 6) is -0.388. The fourth-order valence-corrected chi connectivity index (χ4v) is 3.20. The molecule has 9 heteroatoms. The topological polar surface area (TPSA) is 105 Å². The maximum absolute atomic E-state index is 12.5. The number of carbonyl (C=O) groups is 1. The minimum atomic E-state index is -0.956. The lowest BCUT2D eigenvalue weighted by molar-refractivity contribution is -0.162. The van der Waals surface area contributed by atoms with Crippen molar-refractivity contribution < 1.29 is 28.8 Å². The van der Waals surface area contributed by atoms with Crippen LogP contribution in [-0.4, -0.2) is 60.1 Å². The molecule has 172 valence electrons. The van der Waals surface area contributed by atoms with E-state index in [2.05, 4.69) is 10.3 Å². The zero-order valence-electron chi connectivity index (χ0n) is 19.0. The van der Waals surface area contributed by atoms with Gasteiger partial charge in [-0.2, -0.15) is 0 Å². The van der Waals surface area contributed by atoms with Crippen LogP contribution in [0.15, 0.2) is 24.4 Å². The van der Waals surface area contributed by atoms with Crippen LogP contribution in [0.1, 0.15) is 42.3 Å². The molecule has 0 amide bonds. The van der Waals surface area contributed by atoms with Crippen molar-refractivity contribution in [2.45, 2.75) is 46.6 Å². The molecule has 0 saturated heterocycles. The molecule has 0 bridgehead atoms. The monoisotopic (exact) mass is 435 g/mol. The Hall–Kier alpha value is -2.33. The van der Waals surface area contributed by atoms with Crippen LogP contribution in [0, 0.1) is 12.3 Å². The molecule has 31 heavy (non-hydrogen) atoms. The molecule has 0 unspecified atom stereocenters. The number of aromatic nitrogens is 3. The van der Waals surface area contributed by atoms with Crippen LogP contribution in [0.25, 0.3) is 0 Å². The molecule has 9 nitrogen and oxygen atoms in total. The number of aryl methyl sites for hydroxylation is 1. The van der Waals surface area contributed by atoms with Crippen molar-refractivity contribution in [3.63, 3.8) is 0 Å². The number of methoxy groups -OCH3 is 2. The minimum absolute atomic E-state index is 0.0914. The van der Waals surface area contributed by atoms with Crippen LogP contribution < -0.4 is 0 Å². The highest BCUT2D eigenvalue weighted by molar-refractivity contribution is 5.77. The van der Waals surface area contributed by atoms with Crippen molar-refractivity contribution in [3.05, 3.63) is 46.8 Å². The number of hydrogen-bond acceptors (Lipinski definition) is 8. The second-order valence-electron chi connectivity index (χ2n) is 7.83. The van der Waals surface area contributed by atoms with Crippen molar-refractivity contribution in [3.8, 4) is 0 Å². The van der Waals surface area contributed by atoms with Crippen molar-refractivity contribution in [2.75, 3.05) is 34.0 Å². The van der Waals surface area contributed by atoms with Crippen molar-refractivity contribution in [2.24, 2.45) is 5.41 Å². The Kier molecular flexibility index (Phi) is 9.57. The highest BCUT2D eigenvalue weighted by Crippen LogP contribution is 2.39. The molecule has 0 saturated carbocycles. The van der Waals surface area contributed by atoms with E-state index in [0.717, 1.165) is 16.7 Å². The molecular weight excluding hydrogens is 402 g/mol. The van der Waals surface area contributed by atoms with E-state index in [1.807, 2.05) is 25.1 Å². The van der Waals surface area contributed by atoms with Gasteiger partial charge in [0.25, 0.3) is 0 Å². The van der Waals surface area contributed by atoms with Gasteiger partial charge in [0.1, 0.15) is 5.69 Å². The predicted octanol–water partition coefficient (Wildman–Crippen LogP) is 2.20. The fourth-order valence-electron chi connectivity index (χ4n) is 3.20. The van der Waals surface area contributed by atoms with Gasteiger partial charge in [0, 0.05) is 7.11 Å². The largest absolute Gasteiger partial charge is 0.469 e. The zero-order valence-corrected chi connectivity index (χ0v) is 19.0. The summed E-state index contributed by atoms with van der Waals surface area (Å²) in [5, 5.41) is 17.9. The fraction of sp³-hybridized carbons (Fsp3) is 0.591. The summed E-state index contributed by atoms with van der Waals surface area (Å²) in [5.41, 5.74) is 2.21. The first kappa shape index (κ1) is 24.9. The minimum Gasteiger partial charge on any atom is -0.469 e. The molecule has 0 aliphatic carbocycles. The van der Waals surface area contributed by atoms with Crippen LogP contribution in [-0.2, 0) is 43.5 Å². The first-order chi connectivity index (χ1) is 14.8. The third kappa shape index (κ3) is 6.83. The molecule has 1 aromatic heterocycles. The van der Waals surface area contributed by atoms with Crippen molar-refractivity contribution in [1.82, 2.24) is 15.0 Å². The van der Waals surface area contributed by atoms with E-state index >= 15 is 0 Å². The standard InChI is InChI=1S/C22H33N3O6/c1-16-6-7-17(12-18(16)14-26)20(22(2,3)21(27)29-5)31-15-19-13-25(24-23-19)8-9-30-11-10-28-4/h6-7,12-13,20,26H,8-11,14-15H2,1-5H3/t20-/m0/s1. The number of nitrogens with zero attached hydrogens (tertiary/aromatic N) is 3. The molecular formula is C22H33N3O6. The average molecular weight is 436 g/mol. The third-order valence-corrected chi connectivity index (χ3v) is 5.09. The van der Waals surface area contributed by atoms with E-state index in [0.29, 0.717) is 32.1 Å². The van der Waals surface area contributed by atoms with E-state index in [1.165, 1.54) is 7.11 Å². The van der Waals surface area contributed by atoms with Crippen molar-refractivity contribution in [1.29, 1.82) is 0 Å². The van der Waals surface area contributed by atoms with Gasteiger partial charge in [0.15, 0.2) is 0 Å². The van der Waals surface area contributed by atoms with Crippen LogP contribution in [0.5, 0.6) is 0 Å². The first-order valence-electron chi connectivity index (χ1n) is 10.2. The summed E-state index contributed by atoms with van der Waals surface area (Å²) in [4.78, 5) is 12.5. The second-order valence-corrected chi connectivity index (χ2v) is 7.83. The van der Waals surface area contributed by atoms with Gasteiger partial charge in [-0.3, -0.25) is 4.79 Å². The summed E-state index contributed by atoms with van der Waals surface area (Å²) in [6, 6.07) is 5.67. The van der Waals surface area contributed by atoms with Crippen molar-refractivity contribution >= 4 is 5.97 Å². The van der Waals surface area contributed by atoms with E-state index in [1.54, 1.807) is 31.8 Å². The van der Waals surface area contributed by atoms with Gasteiger partial charge in [0.2, 0.25) is 0 Å². The Labute approximate surface area is 183 Å². The van der Waals surface area contributed by atoms with E-state index in [9.17, 15) is 9.90 Å². The predicted molar refractivity (Wildman–Crippen MR) is 113 cm³/mol. The Morgan fingerprint density at radius 3 is 2.68 bits per heavy atom. The number of benzene rings is 1.